The second kappa shape index (κ2) is 7.65. The first-order valence-electron chi connectivity index (χ1n) is 9.07. The summed E-state index contributed by atoms with van der Waals surface area (Å²) in [5.74, 6) is -0.596. The van der Waals surface area contributed by atoms with E-state index in [-0.39, 0.29) is 22.0 Å². The molecule has 2 N–H and O–H groups in total. The Morgan fingerprint density at radius 2 is 1.72 bits per heavy atom. The predicted molar refractivity (Wildman–Crippen MR) is 108 cm³/mol. The molecule has 2 aromatic carbocycles. The van der Waals surface area contributed by atoms with Crippen LogP contribution < -0.4 is 5.32 Å². The summed E-state index contributed by atoms with van der Waals surface area (Å²) >= 11 is 0. The van der Waals surface area contributed by atoms with Gasteiger partial charge in [0, 0.05) is 24.8 Å². The average Bonchev–Trinajstić information content (AvgIpc) is 2.75. The molecule has 0 atom stereocenters. The Morgan fingerprint density at radius 1 is 1.00 bits per heavy atom. The molecule has 4 rings (SSSR count). The fourth-order valence-corrected chi connectivity index (χ4v) is 4.69. The van der Waals surface area contributed by atoms with Crippen molar-refractivity contribution in [3.05, 3.63) is 83.6 Å². The summed E-state index contributed by atoms with van der Waals surface area (Å²) in [6, 6.07) is 16.5. The molecule has 3 aromatic rings. The minimum absolute atomic E-state index is 0.0428. The van der Waals surface area contributed by atoms with E-state index in [0.29, 0.717) is 19.5 Å². The number of nitrogens with one attached hydrogen (secondary N) is 1. The summed E-state index contributed by atoms with van der Waals surface area (Å²) in [6.45, 7) is 0.750. The van der Waals surface area contributed by atoms with Crippen molar-refractivity contribution in [3.63, 3.8) is 0 Å². The first-order chi connectivity index (χ1) is 13.9. The average molecular weight is 409 g/mol. The van der Waals surface area contributed by atoms with Crippen LogP contribution in [0.1, 0.15) is 21.5 Å². The van der Waals surface area contributed by atoms with Crippen molar-refractivity contribution in [1.29, 1.82) is 0 Å². The molecule has 0 saturated carbocycles. The van der Waals surface area contributed by atoms with Crippen molar-refractivity contribution in [2.24, 2.45) is 0 Å². The first kappa shape index (κ1) is 19.1. The molecule has 7 nitrogen and oxygen atoms in total. The topological polar surface area (TPSA) is 99.6 Å². The number of hydrogen-bond acceptors (Lipinski definition) is 5. The Bertz CT molecular complexity index is 1160. The SMILES string of the molecule is O=C(Nc1ncccc1O)c1ccc(S(=O)(=O)N2CCc3ccccc3C2)cc1. The normalized spacial score (nSPS) is 14.2. The lowest BCUT2D eigenvalue weighted by Crippen LogP contribution is -2.35. The zero-order chi connectivity index (χ0) is 20.4. The van der Waals surface area contributed by atoms with Gasteiger partial charge < -0.3 is 10.4 Å². The summed E-state index contributed by atoms with van der Waals surface area (Å²) < 4.78 is 27.4. The molecule has 0 bridgehead atoms. The van der Waals surface area contributed by atoms with E-state index in [9.17, 15) is 18.3 Å². The van der Waals surface area contributed by atoms with Crippen LogP contribution >= 0.6 is 0 Å². The number of nitrogens with zero attached hydrogens (tertiary/aromatic N) is 2. The monoisotopic (exact) mass is 409 g/mol. The molecule has 0 saturated heterocycles. The molecule has 0 radical (unpaired) electrons. The fraction of sp³-hybridized carbons (Fsp3) is 0.143. The van der Waals surface area contributed by atoms with Crippen LogP contribution in [0.25, 0.3) is 0 Å². The summed E-state index contributed by atoms with van der Waals surface area (Å²) in [6.07, 6.45) is 2.12. The summed E-state index contributed by atoms with van der Waals surface area (Å²) in [5, 5.41) is 12.2. The Balaban J connectivity index is 1.51. The van der Waals surface area contributed by atoms with Crippen LogP contribution in [0.15, 0.2) is 71.8 Å². The van der Waals surface area contributed by atoms with Crippen molar-refractivity contribution in [2.75, 3.05) is 11.9 Å². The molecule has 148 valence electrons. The summed E-state index contributed by atoms with van der Waals surface area (Å²) in [5.41, 5.74) is 2.44. The number of hydrogen-bond donors (Lipinski definition) is 2. The molecule has 1 aromatic heterocycles. The van der Waals surface area contributed by atoms with Gasteiger partial charge in [-0.2, -0.15) is 4.31 Å². The van der Waals surface area contributed by atoms with E-state index in [2.05, 4.69) is 10.3 Å². The van der Waals surface area contributed by atoms with Crippen LogP contribution in [-0.2, 0) is 23.0 Å². The molecule has 1 amide bonds. The van der Waals surface area contributed by atoms with E-state index in [1.165, 1.54) is 46.4 Å². The third kappa shape index (κ3) is 3.85. The molecule has 0 spiro atoms. The summed E-state index contributed by atoms with van der Waals surface area (Å²) in [7, 11) is -3.66. The van der Waals surface area contributed by atoms with Gasteiger partial charge in [-0.25, -0.2) is 13.4 Å². The van der Waals surface area contributed by atoms with Gasteiger partial charge in [0.2, 0.25) is 10.0 Å². The van der Waals surface area contributed by atoms with Gasteiger partial charge in [0.25, 0.3) is 5.91 Å². The van der Waals surface area contributed by atoms with Crippen LogP contribution in [0.5, 0.6) is 5.75 Å². The zero-order valence-electron chi connectivity index (χ0n) is 15.4. The maximum Gasteiger partial charge on any atom is 0.256 e. The van der Waals surface area contributed by atoms with Gasteiger partial charge >= 0.3 is 0 Å². The smallest absolute Gasteiger partial charge is 0.256 e. The van der Waals surface area contributed by atoms with Crippen LogP contribution in [0.4, 0.5) is 5.82 Å². The Morgan fingerprint density at radius 3 is 2.45 bits per heavy atom. The standard InChI is InChI=1S/C21H19N3O4S/c25-19-6-3-12-22-20(19)23-21(26)16-7-9-18(10-8-16)29(27,28)24-13-11-15-4-1-2-5-17(15)14-24/h1-10,12,25H,11,13-14H2,(H,22,23,26). The molecule has 0 fully saturated rings. The van der Waals surface area contributed by atoms with Crippen molar-refractivity contribution >= 4 is 21.7 Å². The highest BCUT2D eigenvalue weighted by Crippen LogP contribution is 2.25. The van der Waals surface area contributed by atoms with Gasteiger partial charge in [-0.3, -0.25) is 4.79 Å². The highest BCUT2D eigenvalue weighted by Gasteiger charge is 2.28. The number of fused-ring (bicyclic) bond motifs is 1. The van der Waals surface area contributed by atoms with Gasteiger partial charge in [-0.15, -0.1) is 0 Å². The maximum absolute atomic E-state index is 13.0. The molecule has 1 aliphatic rings. The minimum Gasteiger partial charge on any atom is -0.504 e. The van der Waals surface area contributed by atoms with Crippen molar-refractivity contribution < 1.29 is 18.3 Å². The second-order valence-electron chi connectivity index (χ2n) is 6.71. The Labute approximate surface area is 168 Å². The number of benzene rings is 2. The van der Waals surface area contributed by atoms with E-state index >= 15 is 0 Å². The number of amides is 1. The van der Waals surface area contributed by atoms with E-state index in [0.717, 1.165) is 5.56 Å². The first-order valence-corrected chi connectivity index (χ1v) is 10.5. The van der Waals surface area contributed by atoms with Gasteiger partial charge in [0.05, 0.1) is 4.90 Å². The third-order valence-electron chi connectivity index (χ3n) is 4.87. The fourth-order valence-electron chi connectivity index (χ4n) is 3.28. The number of sulfonamides is 1. The number of rotatable bonds is 4. The van der Waals surface area contributed by atoms with E-state index < -0.39 is 15.9 Å². The number of aromatic hydroxyl groups is 1. The minimum atomic E-state index is -3.66. The van der Waals surface area contributed by atoms with Crippen molar-refractivity contribution in [2.45, 2.75) is 17.9 Å². The lowest BCUT2D eigenvalue weighted by Gasteiger charge is -2.28. The molecule has 29 heavy (non-hydrogen) atoms. The summed E-state index contributed by atoms with van der Waals surface area (Å²) in [4.78, 5) is 16.4. The van der Waals surface area contributed by atoms with E-state index in [4.69, 9.17) is 0 Å². The predicted octanol–water partition coefficient (Wildman–Crippen LogP) is 2.79. The molecule has 1 aliphatic heterocycles. The lowest BCUT2D eigenvalue weighted by molar-refractivity contribution is 0.102. The van der Waals surface area contributed by atoms with Crippen LogP contribution in [0, 0.1) is 0 Å². The van der Waals surface area contributed by atoms with Gasteiger partial charge in [-0.05, 0) is 53.9 Å². The number of pyridine rings is 1. The van der Waals surface area contributed by atoms with Crippen LogP contribution in [0.3, 0.4) is 0 Å². The zero-order valence-corrected chi connectivity index (χ0v) is 16.3. The second-order valence-corrected chi connectivity index (χ2v) is 8.64. The van der Waals surface area contributed by atoms with Crippen molar-refractivity contribution in [1.82, 2.24) is 9.29 Å². The molecule has 2 heterocycles. The van der Waals surface area contributed by atoms with Crippen molar-refractivity contribution in [3.8, 4) is 5.75 Å². The number of carbonyl (C=O) groups is 1. The lowest BCUT2D eigenvalue weighted by atomic mass is 10.0. The molecule has 8 heteroatoms. The molecule has 0 unspecified atom stereocenters. The van der Waals surface area contributed by atoms with Gasteiger partial charge in [0.15, 0.2) is 11.6 Å². The third-order valence-corrected chi connectivity index (χ3v) is 6.73. The molecular formula is C21H19N3O4S. The quantitative estimate of drug-likeness (QED) is 0.690. The number of anilines is 1. The highest BCUT2D eigenvalue weighted by atomic mass is 32.2. The largest absolute Gasteiger partial charge is 0.504 e. The van der Waals surface area contributed by atoms with E-state index in [1.807, 2.05) is 24.3 Å². The molecule has 0 aliphatic carbocycles. The van der Waals surface area contributed by atoms with Crippen LogP contribution in [-0.4, -0.2) is 35.3 Å². The number of carbonyl (C=O) groups excluding carboxylic acids is 1. The van der Waals surface area contributed by atoms with Gasteiger partial charge in [0.1, 0.15) is 0 Å². The molecular weight excluding hydrogens is 390 g/mol. The Kier molecular flexibility index (Phi) is 5.04. The van der Waals surface area contributed by atoms with E-state index in [1.54, 1.807) is 6.07 Å². The van der Waals surface area contributed by atoms with Crippen LogP contribution in [0.2, 0.25) is 0 Å². The Hall–Kier alpha value is -3.23. The maximum atomic E-state index is 13.0. The van der Waals surface area contributed by atoms with Gasteiger partial charge in [-0.1, -0.05) is 24.3 Å². The highest BCUT2D eigenvalue weighted by molar-refractivity contribution is 7.89. The number of aromatic nitrogens is 1.